The van der Waals surface area contributed by atoms with Crippen LogP contribution >= 0.6 is 0 Å². The summed E-state index contributed by atoms with van der Waals surface area (Å²) < 4.78 is 8.02. The Morgan fingerprint density at radius 1 is 1.06 bits per heavy atom. The van der Waals surface area contributed by atoms with Gasteiger partial charge in [-0.1, -0.05) is 12.1 Å². The normalized spacial score (nSPS) is 15.4. The molecule has 0 bridgehead atoms. The number of aryl methyl sites for hydroxylation is 1. The molecule has 2 aromatic heterocycles. The van der Waals surface area contributed by atoms with E-state index in [0.29, 0.717) is 11.4 Å². The Labute approximate surface area is 176 Å². The number of nitrogens with zero attached hydrogens (tertiary/aromatic N) is 5. The molecule has 1 aliphatic heterocycles. The van der Waals surface area contributed by atoms with Crippen molar-refractivity contribution in [1.82, 2.24) is 19.0 Å². The first-order valence-electron chi connectivity index (χ1n) is 9.56. The summed E-state index contributed by atoms with van der Waals surface area (Å²) in [7, 11) is 6.10. The molecule has 160 valence electrons. The van der Waals surface area contributed by atoms with Gasteiger partial charge in [-0.3, -0.25) is 28.4 Å². The molecule has 1 aliphatic rings. The van der Waals surface area contributed by atoms with Crippen molar-refractivity contribution >= 4 is 28.5 Å². The zero-order valence-electron chi connectivity index (χ0n) is 17.5. The maximum absolute atomic E-state index is 13.4. The smallest absolute Gasteiger partial charge is 0.332 e. The Morgan fingerprint density at radius 2 is 1.77 bits per heavy atom. The standard InChI is InChI=1S/C21H21N5O5/c1-23(2)20(29)16-11-26(14-7-5-6-8-15(14)31-16)19(28)13-10-9-12-17(22-13)24(3)21(30)25(4)18(12)27/h5-10,16H,11H2,1-4H3. The van der Waals surface area contributed by atoms with Gasteiger partial charge in [0.1, 0.15) is 17.1 Å². The second-order valence-corrected chi connectivity index (χ2v) is 7.50. The SMILES string of the molecule is CN(C)C(=O)C1CN(C(=O)c2ccc3c(=O)n(C)c(=O)n(C)c3n2)c2ccccc2O1. The van der Waals surface area contributed by atoms with E-state index in [9.17, 15) is 19.2 Å². The molecular weight excluding hydrogens is 402 g/mol. The van der Waals surface area contributed by atoms with Gasteiger partial charge in [-0.25, -0.2) is 9.78 Å². The molecule has 0 fully saturated rings. The van der Waals surface area contributed by atoms with E-state index < -0.39 is 23.3 Å². The van der Waals surface area contributed by atoms with Gasteiger partial charge in [0.15, 0.2) is 6.10 Å². The van der Waals surface area contributed by atoms with Crippen LogP contribution in [0.4, 0.5) is 5.69 Å². The van der Waals surface area contributed by atoms with E-state index in [1.807, 2.05) is 0 Å². The lowest BCUT2D eigenvalue weighted by Crippen LogP contribution is -2.50. The Balaban J connectivity index is 1.81. The van der Waals surface area contributed by atoms with Crippen LogP contribution in [0.25, 0.3) is 11.0 Å². The Kier molecular flexibility index (Phi) is 4.84. The third-order valence-corrected chi connectivity index (χ3v) is 5.26. The Morgan fingerprint density at radius 3 is 2.48 bits per heavy atom. The van der Waals surface area contributed by atoms with Crippen molar-refractivity contribution in [2.24, 2.45) is 14.1 Å². The molecule has 1 unspecified atom stereocenters. The monoisotopic (exact) mass is 423 g/mol. The van der Waals surface area contributed by atoms with E-state index in [2.05, 4.69) is 4.98 Å². The van der Waals surface area contributed by atoms with Crippen molar-refractivity contribution < 1.29 is 14.3 Å². The lowest BCUT2D eigenvalue weighted by molar-refractivity contribution is -0.135. The average molecular weight is 423 g/mol. The minimum absolute atomic E-state index is 0.00205. The largest absolute Gasteiger partial charge is 0.476 e. The maximum atomic E-state index is 13.4. The number of ether oxygens (including phenoxy) is 1. The Hall–Kier alpha value is -3.95. The van der Waals surface area contributed by atoms with Gasteiger partial charge in [0.05, 0.1) is 17.6 Å². The number of pyridine rings is 1. The van der Waals surface area contributed by atoms with E-state index in [1.165, 1.54) is 40.6 Å². The van der Waals surface area contributed by atoms with Crippen LogP contribution in [0.2, 0.25) is 0 Å². The zero-order chi connectivity index (χ0) is 22.4. The summed E-state index contributed by atoms with van der Waals surface area (Å²) in [6, 6.07) is 9.84. The summed E-state index contributed by atoms with van der Waals surface area (Å²) in [4.78, 5) is 57.7. The van der Waals surface area contributed by atoms with Crippen LogP contribution in [0.15, 0.2) is 46.0 Å². The first-order chi connectivity index (χ1) is 14.7. The number of aromatic nitrogens is 3. The van der Waals surface area contributed by atoms with Crippen LogP contribution in [0, 0.1) is 0 Å². The molecule has 1 aromatic carbocycles. The lowest BCUT2D eigenvalue weighted by Gasteiger charge is -2.34. The summed E-state index contributed by atoms with van der Waals surface area (Å²) >= 11 is 0. The van der Waals surface area contributed by atoms with Gasteiger partial charge in [-0.15, -0.1) is 0 Å². The highest BCUT2D eigenvalue weighted by Gasteiger charge is 2.35. The maximum Gasteiger partial charge on any atom is 0.332 e. The van der Waals surface area contributed by atoms with E-state index in [0.717, 1.165) is 4.57 Å². The molecule has 0 radical (unpaired) electrons. The molecule has 1 atom stereocenters. The van der Waals surface area contributed by atoms with Crippen LogP contribution in [0.1, 0.15) is 10.5 Å². The Bertz CT molecular complexity index is 1340. The van der Waals surface area contributed by atoms with Crippen LogP contribution in [0.3, 0.4) is 0 Å². The number of carbonyl (C=O) groups excluding carboxylic acids is 2. The van der Waals surface area contributed by atoms with Gasteiger partial charge < -0.3 is 9.64 Å². The second kappa shape index (κ2) is 7.38. The lowest BCUT2D eigenvalue weighted by atomic mass is 10.1. The molecule has 0 aliphatic carbocycles. The molecule has 10 heteroatoms. The second-order valence-electron chi connectivity index (χ2n) is 7.50. The minimum atomic E-state index is -0.869. The molecule has 3 aromatic rings. The molecule has 0 N–H and O–H groups in total. The van der Waals surface area contributed by atoms with Crippen LogP contribution in [-0.4, -0.2) is 57.6 Å². The number of hydrogen-bond acceptors (Lipinski definition) is 6. The minimum Gasteiger partial charge on any atom is -0.476 e. The number of anilines is 1. The van der Waals surface area contributed by atoms with Gasteiger partial charge in [0.2, 0.25) is 0 Å². The summed E-state index contributed by atoms with van der Waals surface area (Å²) in [6.07, 6.45) is -0.869. The number of likely N-dealkylation sites (N-methyl/N-ethyl adjacent to an activating group) is 1. The highest BCUT2D eigenvalue weighted by atomic mass is 16.5. The molecule has 0 saturated carbocycles. The summed E-state index contributed by atoms with van der Waals surface area (Å²) in [5, 5.41) is 0.226. The van der Waals surface area contributed by atoms with Crippen LogP contribution in [0.5, 0.6) is 5.75 Å². The fraction of sp³-hybridized carbons (Fsp3) is 0.286. The predicted octanol–water partition coefficient (Wildman–Crippen LogP) is 0.128. The molecule has 2 amide bonds. The summed E-state index contributed by atoms with van der Waals surface area (Å²) in [5.74, 6) is -0.337. The fourth-order valence-electron chi connectivity index (χ4n) is 3.55. The topological polar surface area (TPSA) is 107 Å². The molecule has 4 rings (SSSR count). The fourth-order valence-corrected chi connectivity index (χ4v) is 3.55. The van der Waals surface area contributed by atoms with Crippen LogP contribution < -0.4 is 20.9 Å². The zero-order valence-corrected chi connectivity index (χ0v) is 17.5. The molecule has 10 nitrogen and oxygen atoms in total. The third kappa shape index (κ3) is 3.25. The third-order valence-electron chi connectivity index (χ3n) is 5.26. The molecule has 0 saturated heterocycles. The van der Waals surface area contributed by atoms with E-state index in [1.54, 1.807) is 38.4 Å². The number of para-hydroxylation sites is 2. The highest BCUT2D eigenvalue weighted by molar-refractivity contribution is 6.07. The summed E-state index contributed by atoms with van der Waals surface area (Å²) in [6.45, 7) is 0.00205. The van der Waals surface area contributed by atoms with Gasteiger partial charge in [-0.05, 0) is 24.3 Å². The molecule has 3 heterocycles. The number of rotatable bonds is 2. The first-order valence-corrected chi connectivity index (χ1v) is 9.56. The number of benzene rings is 1. The van der Waals surface area contributed by atoms with Crippen molar-refractivity contribution in [2.75, 3.05) is 25.5 Å². The summed E-state index contributed by atoms with van der Waals surface area (Å²) in [5.41, 5.74) is -0.360. The number of fused-ring (bicyclic) bond motifs is 2. The van der Waals surface area contributed by atoms with Crippen LogP contribution in [-0.2, 0) is 18.9 Å². The van der Waals surface area contributed by atoms with Crippen molar-refractivity contribution in [1.29, 1.82) is 0 Å². The average Bonchev–Trinajstić information content (AvgIpc) is 2.79. The molecule has 0 spiro atoms. The number of hydrogen-bond donors (Lipinski definition) is 0. The van der Waals surface area contributed by atoms with Crippen molar-refractivity contribution in [2.45, 2.75) is 6.10 Å². The quantitative estimate of drug-likeness (QED) is 0.580. The van der Waals surface area contributed by atoms with E-state index in [-0.39, 0.29) is 29.2 Å². The van der Waals surface area contributed by atoms with Gasteiger partial charge in [0.25, 0.3) is 17.4 Å². The predicted molar refractivity (Wildman–Crippen MR) is 113 cm³/mol. The number of amides is 2. The van der Waals surface area contributed by atoms with E-state index >= 15 is 0 Å². The highest BCUT2D eigenvalue weighted by Crippen LogP contribution is 2.34. The number of carbonyl (C=O) groups is 2. The van der Waals surface area contributed by atoms with E-state index in [4.69, 9.17) is 4.74 Å². The molecular formula is C21H21N5O5. The van der Waals surface area contributed by atoms with Gasteiger partial charge >= 0.3 is 5.69 Å². The molecule has 31 heavy (non-hydrogen) atoms. The first kappa shape index (κ1) is 20.3. The van der Waals surface area contributed by atoms with Crippen molar-refractivity contribution in [3.63, 3.8) is 0 Å². The van der Waals surface area contributed by atoms with Gasteiger partial charge in [-0.2, -0.15) is 0 Å². The van der Waals surface area contributed by atoms with Gasteiger partial charge in [0, 0.05) is 28.2 Å². The van der Waals surface area contributed by atoms with Crippen molar-refractivity contribution in [3.05, 3.63) is 62.9 Å². The van der Waals surface area contributed by atoms with Crippen molar-refractivity contribution in [3.8, 4) is 5.75 Å².